The van der Waals surface area contributed by atoms with Gasteiger partial charge in [-0.05, 0) is 42.7 Å². The van der Waals surface area contributed by atoms with Crippen LogP contribution in [0.5, 0.6) is 0 Å². The lowest BCUT2D eigenvalue weighted by Crippen LogP contribution is -2.31. The number of furan rings is 1. The second-order valence-corrected chi connectivity index (χ2v) is 7.90. The maximum Gasteiger partial charge on any atom is 0.277 e. The molecule has 1 aliphatic rings. The van der Waals surface area contributed by atoms with Crippen LogP contribution >= 0.6 is 0 Å². The van der Waals surface area contributed by atoms with Gasteiger partial charge in [0.2, 0.25) is 0 Å². The molecule has 0 saturated carbocycles. The van der Waals surface area contributed by atoms with Gasteiger partial charge in [-0.1, -0.05) is 50.2 Å². The first-order chi connectivity index (χ1) is 14.1. The molecule has 0 bridgehead atoms. The molecule has 4 heteroatoms. The lowest BCUT2D eigenvalue weighted by Gasteiger charge is -2.17. The molecular formula is C25H22N2O2. The summed E-state index contributed by atoms with van der Waals surface area (Å²) in [6, 6.07) is 21.7. The summed E-state index contributed by atoms with van der Waals surface area (Å²) < 4.78 is 5.90. The fourth-order valence-corrected chi connectivity index (χ4v) is 3.89. The van der Waals surface area contributed by atoms with Gasteiger partial charge < -0.3 is 9.32 Å². The van der Waals surface area contributed by atoms with Gasteiger partial charge in [0.25, 0.3) is 5.91 Å². The maximum absolute atomic E-state index is 13.2. The normalized spacial score (nSPS) is 15.2. The van der Waals surface area contributed by atoms with E-state index >= 15 is 0 Å². The monoisotopic (exact) mass is 382 g/mol. The average molecular weight is 382 g/mol. The third-order valence-electron chi connectivity index (χ3n) is 5.43. The Labute approximate surface area is 169 Å². The number of rotatable bonds is 4. The van der Waals surface area contributed by atoms with Crippen molar-refractivity contribution in [1.82, 2.24) is 0 Å². The van der Waals surface area contributed by atoms with Gasteiger partial charge in [0.15, 0.2) is 0 Å². The second kappa shape index (κ2) is 6.89. The Balaban J connectivity index is 1.59. The molecule has 0 aliphatic carbocycles. The van der Waals surface area contributed by atoms with Crippen molar-refractivity contribution in [3.05, 3.63) is 72.3 Å². The van der Waals surface area contributed by atoms with Crippen LogP contribution in [0.15, 0.2) is 76.1 Å². The zero-order valence-corrected chi connectivity index (χ0v) is 16.6. The van der Waals surface area contributed by atoms with E-state index in [0.717, 1.165) is 45.3 Å². The van der Waals surface area contributed by atoms with Crippen molar-refractivity contribution in [3.63, 3.8) is 0 Å². The predicted molar refractivity (Wildman–Crippen MR) is 118 cm³/mol. The molecule has 0 radical (unpaired) electrons. The summed E-state index contributed by atoms with van der Waals surface area (Å²) in [5.74, 6) is 0.511. The highest BCUT2D eigenvalue weighted by Gasteiger charge is 2.33. The molecule has 4 aromatic rings. The van der Waals surface area contributed by atoms with E-state index in [1.165, 1.54) is 0 Å². The van der Waals surface area contributed by atoms with Crippen LogP contribution in [0.3, 0.4) is 0 Å². The number of nitrogens with zero attached hydrogens (tertiary/aromatic N) is 2. The highest BCUT2D eigenvalue weighted by molar-refractivity contribution is 6.54. The van der Waals surface area contributed by atoms with Crippen LogP contribution in [-0.2, 0) is 4.79 Å². The van der Waals surface area contributed by atoms with Crippen LogP contribution in [0.4, 0.5) is 11.4 Å². The number of aliphatic imine (C=N–C) groups is 1. The van der Waals surface area contributed by atoms with Crippen molar-refractivity contribution >= 4 is 44.9 Å². The van der Waals surface area contributed by atoms with Gasteiger partial charge in [-0.2, -0.15) is 0 Å². The van der Waals surface area contributed by atoms with Gasteiger partial charge >= 0.3 is 0 Å². The SMILES string of the molecule is CC(C)CCN1C(=O)C(=Nc2ccc3oc4ccccc4c3c2)c2ccccc21. The summed E-state index contributed by atoms with van der Waals surface area (Å²) in [7, 11) is 0. The second-order valence-electron chi connectivity index (χ2n) is 7.90. The number of benzene rings is 3. The zero-order valence-electron chi connectivity index (χ0n) is 16.6. The molecule has 5 rings (SSSR count). The highest BCUT2D eigenvalue weighted by Crippen LogP contribution is 2.34. The van der Waals surface area contributed by atoms with E-state index in [1.54, 1.807) is 0 Å². The van der Waals surface area contributed by atoms with Crippen molar-refractivity contribution in [3.8, 4) is 0 Å². The van der Waals surface area contributed by atoms with Crippen molar-refractivity contribution in [2.45, 2.75) is 20.3 Å². The maximum atomic E-state index is 13.2. The Morgan fingerprint density at radius 3 is 2.55 bits per heavy atom. The van der Waals surface area contributed by atoms with Crippen LogP contribution in [0.2, 0.25) is 0 Å². The molecule has 144 valence electrons. The number of hydrogen-bond donors (Lipinski definition) is 0. The molecule has 4 nitrogen and oxygen atoms in total. The van der Waals surface area contributed by atoms with Crippen LogP contribution in [0.25, 0.3) is 21.9 Å². The molecule has 0 spiro atoms. The topological polar surface area (TPSA) is 45.8 Å². The number of carbonyl (C=O) groups excluding carboxylic acids is 1. The molecular weight excluding hydrogens is 360 g/mol. The lowest BCUT2D eigenvalue weighted by molar-refractivity contribution is -0.112. The van der Waals surface area contributed by atoms with Gasteiger partial charge in [0, 0.05) is 22.9 Å². The van der Waals surface area contributed by atoms with Crippen molar-refractivity contribution in [2.75, 3.05) is 11.4 Å². The third-order valence-corrected chi connectivity index (χ3v) is 5.43. The standard InChI is InChI=1S/C25H22N2O2/c1-16(2)13-14-27-21-9-5-3-8-19(21)24(25(27)28)26-17-11-12-23-20(15-17)18-7-4-6-10-22(18)29-23/h3-12,15-16H,13-14H2,1-2H3. The molecule has 0 unspecified atom stereocenters. The van der Waals surface area contributed by atoms with Gasteiger partial charge in [-0.3, -0.25) is 4.79 Å². The Morgan fingerprint density at radius 1 is 0.931 bits per heavy atom. The smallest absolute Gasteiger partial charge is 0.277 e. The molecule has 1 aliphatic heterocycles. The van der Waals surface area contributed by atoms with E-state index in [9.17, 15) is 4.79 Å². The van der Waals surface area contributed by atoms with Crippen LogP contribution in [0.1, 0.15) is 25.8 Å². The summed E-state index contributed by atoms with van der Waals surface area (Å²) in [5.41, 5.74) is 4.80. The molecule has 0 saturated heterocycles. The number of amides is 1. The molecule has 3 aromatic carbocycles. The van der Waals surface area contributed by atoms with E-state index in [1.807, 2.05) is 71.6 Å². The quantitative estimate of drug-likeness (QED) is 0.428. The zero-order chi connectivity index (χ0) is 20.0. The summed E-state index contributed by atoms with van der Waals surface area (Å²) in [6.45, 7) is 5.05. The van der Waals surface area contributed by atoms with Crippen molar-refractivity contribution in [1.29, 1.82) is 0 Å². The molecule has 29 heavy (non-hydrogen) atoms. The fourth-order valence-electron chi connectivity index (χ4n) is 3.89. The molecule has 0 atom stereocenters. The van der Waals surface area contributed by atoms with E-state index in [-0.39, 0.29) is 5.91 Å². The molecule has 1 amide bonds. The van der Waals surface area contributed by atoms with Gasteiger partial charge in [-0.15, -0.1) is 0 Å². The van der Waals surface area contributed by atoms with E-state index < -0.39 is 0 Å². The van der Waals surface area contributed by atoms with Crippen LogP contribution < -0.4 is 4.90 Å². The first kappa shape index (κ1) is 17.7. The fraction of sp³-hybridized carbons (Fsp3) is 0.200. The van der Waals surface area contributed by atoms with Crippen molar-refractivity contribution < 1.29 is 9.21 Å². The van der Waals surface area contributed by atoms with Crippen LogP contribution in [0, 0.1) is 5.92 Å². The van der Waals surface area contributed by atoms with Crippen LogP contribution in [-0.4, -0.2) is 18.2 Å². The molecule has 0 N–H and O–H groups in total. The first-order valence-corrected chi connectivity index (χ1v) is 10.0. The predicted octanol–water partition coefficient (Wildman–Crippen LogP) is 6.10. The Hall–Kier alpha value is -3.40. The molecule has 2 heterocycles. The first-order valence-electron chi connectivity index (χ1n) is 10.0. The summed E-state index contributed by atoms with van der Waals surface area (Å²) in [5, 5.41) is 2.07. The van der Waals surface area contributed by atoms with Gasteiger partial charge in [0.1, 0.15) is 16.9 Å². The number of anilines is 1. The Kier molecular flexibility index (Phi) is 4.20. The Morgan fingerprint density at radius 2 is 1.69 bits per heavy atom. The van der Waals surface area contributed by atoms with E-state index in [4.69, 9.17) is 9.41 Å². The lowest BCUT2D eigenvalue weighted by atomic mass is 10.1. The summed E-state index contributed by atoms with van der Waals surface area (Å²) in [4.78, 5) is 19.8. The number of hydrogen-bond acceptors (Lipinski definition) is 3. The summed E-state index contributed by atoms with van der Waals surface area (Å²) >= 11 is 0. The Bertz CT molecular complexity index is 1270. The number of fused-ring (bicyclic) bond motifs is 4. The van der Waals surface area contributed by atoms with Crippen molar-refractivity contribution in [2.24, 2.45) is 10.9 Å². The third kappa shape index (κ3) is 3.01. The van der Waals surface area contributed by atoms with E-state index in [0.29, 0.717) is 18.2 Å². The van der Waals surface area contributed by atoms with Gasteiger partial charge in [0.05, 0.1) is 11.4 Å². The minimum atomic E-state index is -0.0241. The largest absolute Gasteiger partial charge is 0.456 e. The summed E-state index contributed by atoms with van der Waals surface area (Å²) in [6.07, 6.45) is 0.959. The molecule has 0 fully saturated rings. The van der Waals surface area contributed by atoms with E-state index in [2.05, 4.69) is 13.8 Å². The number of para-hydroxylation sites is 2. The highest BCUT2D eigenvalue weighted by atomic mass is 16.3. The number of carbonyl (C=O) groups is 1. The minimum absolute atomic E-state index is 0.0241. The van der Waals surface area contributed by atoms with Gasteiger partial charge in [-0.25, -0.2) is 4.99 Å². The molecule has 1 aromatic heterocycles. The minimum Gasteiger partial charge on any atom is -0.456 e. The average Bonchev–Trinajstić information content (AvgIpc) is 3.22.